The van der Waals surface area contributed by atoms with Gasteiger partial charge in [0, 0.05) is 32.3 Å². The lowest BCUT2D eigenvalue weighted by atomic mass is 10.1. The fraction of sp³-hybridized carbons (Fsp3) is 0.286. The highest BCUT2D eigenvalue weighted by atomic mass is 32.2. The van der Waals surface area contributed by atoms with Crippen LogP contribution in [0.2, 0.25) is 0 Å². The molecule has 2 aromatic rings. The van der Waals surface area contributed by atoms with Gasteiger partial charge >= 0.3 is 6.18 Å². The van der Waals surface area contributed by atoms with Gasteiger partial charge in [-0.2, -0.15) is 17.5 Å². The van der Waals surface area contributed by atoms with Gasteiger partial charge in [-0.1, -0.05) is 42.5 Å². The predicted molar refractivity (Wildman–Crippen MR) is 108 cm³/mol. The molecule has 0 unspecified atom stereocenters. The fourth-order valence-corrected chi connectivity index (χ4v) is 4.67. The summed E-state index contributed by atoms with van der Waals surface area (Å²) in [6.07, 6.45) is -1.91. The van der Waals surface area contributed by atoms with Crippen LogP contribution in [-0.2, 0) is 26.7 Å². The van der Waals surface area contributed by atoms with E-state index in [0.29, 0.717) is 5.56 Å². The Morgan fingerprint density at radius 3 is 2.27 bits per heavy atom. The Morgan fingerprint density at radius 1 is 0.967 bits per heavy atom. The molecule has 1 amide bonds. The van der Waals surface area contributed by atoms with Crippen molar-refractivity contribution < 1.29 is 26.4 Å². The topological polar surface area (TPSA) is 57.7 Å². The van der Waals surface area contributed by atoms with Crippen molar-refractivity contribution in [2.75, 3.05) is 26.2 Å². The molecular formula is C21H21F3N2O3S. The van der Waals surface area contributed by atoms with Gasteiger partial charge in [-0.05, 0) is 29.3 Å². The zero-order valence-electron chi connectivity index (χ0n) is 16.0. The SMILES string of the molecule is O=C(C=Cc1cccc(C(F)(F)F)c1)N1CCN(S(=O)(=O)Cc2ccccc2)CC1. The molecule has 0 aromatic heterocycles. The third kappa shape index (κ3) is 5.70. The van der Waals surface area contributed by atoms with Crippen molar-refractivity contribution in [3.63, 3.8) is 0 Å². The summed E-state index contributed by atoms with van der Waals surface area (Å²) >= 11 is 0. The summed E-state index contributed by atoms with van der Waals surface area (Å²) in [6.45, 7) is 0.802. The number of carbonyl (C=O) groups excluding carboxylic acids is 1. The maximum Gasteiger partial charge on any atom is 0.416 e. The van der Waals surface area contributed by atoms with E-state index in [1.54, 1.807) is 24.3 Å². The highest BCUT2D eigenvalue weighted by Gasteiger charge is 2.30. The van der Waals surface area contributed by atoms with Crippen molar-refractivity contribution in [2.45, 2.75) is 11.9 Å². The molecule has 0 N–H and O–H groups in total. The Bertz CT molecular complexity index is 1010. The van der Waals surface area contributed by atoms with E-state index in [0.717, 1.165) is 12.1 Å². The number of hydrogen-bond donors (Lipinski definition) is 0. The van der Waals surface area contributed by atoms with Crippen molar-refractivity contribution in [3.8, 4) is 0 Å². The first kappa shape index (κ1) is 22.0. The van der Waals surface area contributed by atoms with Crippen LogP contribution >= 0.6 is 0 Å². The van der Waals surface area contributed by atoms with E-state index in [9.17, 15) is 26.4 Å². The van der Waals surface area contributed by atoms with E-state index in [-0.39, 0.29) is 43.4 Å². The quantitative estimate of drug-likeness (QED) is 0.673. The summed E-state index contributed by atoms with van der Waals surface area (Å²) in [5.41, 5.74) is 0.177. The van der Waals surface area contributed by atoms with Crippen LogP contribution in [0.5, 0.6) is 0 Å². The Morgan fingerprint density at radius 2 is 1.63 bits per heavy atom. The van der Waals surface area contributed by atoms with E-state index in [1.807, 2.05) is 6.07 Å². The fourth-order valence-electron chi connectivity index (χ4n) is 3.15. The molecule has 0 atom stereocenters. The Hall–Kier alpha value is -2.65. The molecule has 3 rings (SSSR count). The minimum Gasteiger partial charge on any atom is -0.337 e. The molecule has 2 aromatic carbocycles. The molecule has 0 spiro atoms. The van der Waals surface area contributed by atoms with Crippen molar-refractivity contribution in [1.29, 1.82) is 0 Å². The molecule has 0 bridgehead atoms. The van der Waals surface area contributed by atoms with Gasteiger partial charge in [0.15, 0.2) is 0 Å². The highest BCUT2D eigenvalue weighted by Crippen LogP contribution is 2.29. The van der Waals surface area contributed by atoms with Gasteiger partial charge in [0.05, 0.1) is 11.3 Å². The number of amides is 1. The molecule has 160 valence electrons. The van der Waals surface area contributed by atoms with E-state index >= 15 is 0 Å². The van der Waals surface area contributed by atoms with Crippen LogP contribution in [0.3, 0.4) is 0 Å². The average Bonchev–Trinajstić information content (AvgIpc) is 2.72. The van der Waals surface area contributed by atoms with Gasteiger partial charge in [0.25, 0.3) is 0 Å². The summed E-state index contributed by atoms with van der Waals surface area (Å²) in [5.74, 6) is -0.468. The van der Waals surface area contributed by atoms with Gasteiger partial charge in [0.2, 0.25) is 15.9 Å². The number of hydrogen-bond acceptors (Lipinski definition) is 3. The summed E-state index contributed by atoms with van der Waals surface area (Å²) < 4.78 is 64.8. The van der Waals surface area contributed by atoms with Gasteiger partial charge < -0.3 is 4.90 Å². The third-order valence-corrected chi connectivity index (χ3v) is 6.62. The molecule has 1 heterocycles. The van der Waals surface area contributed by atoms with E-state index < -0.39 is 21.8 Å². The van der Waals surface area contributed by atoms with E-state index in [1.165, 1.54) is 33.5 Å². The molecule has 1 saturated heterocycles. The number of alkyl halides is 3. The first-order valence-corrected chi connectivity index (χ1v) is 10.9. The van der Waals surface area contributed by atoms with Gasteiger partial charge in [-0.3, -0.25) is 4.79 Å². The Kier molecular flexibility index (Phi) is 6.62. The summed E-state index contributed by atoms with van der Waals surface area (Å²) in [5, 5.41) is 0. The lowest BCUT2D eigenvalue weighted by molar-refractivity contribution is -0.137. The number of halogens is 3. The summed E-state index contributed by atoms with van der Waals surface area (Å²) in [6, 6.07) is 13.6. The number of rotatable bonds is 5. The van der Waals surface area contributed by atoms with Gasteiger partial charge in [0.1, 0.15) is 0 Å². The lowest BCUT2D eigenvalue weighted by Gasteiger charge is -2.33. The summed E-state index contributed by atoms with van der Waals surface area (Å²) in [7, 11) is -3.49. The number of sulfonamides is 1. The second-order valence-electron chi connectivity index (χ2n) is 6.92. The second-order valence-corrected chi connectivity index (χ2v) is 8.89. The Balaban J connectivity index is 1.57. The van der Waals surface area contributed by atoms with Crippen LogP contribution in [0.1, 0.15) is 16.7 Å². The van der Waals surface area contributed by atoms with E-state index in [4.69, 9.17) is 0 Å². The van der Waals surface area contributed by atoms with Crippen LogP contribution in [0.25, 0.3) is 6.08 Å². The second kappa shape index (κ2) is 9.01. The van der Waals surface area contributed by atoms with Crippen LogP contribution in [-0.4, -0.2) is 49.7 Å². The zero-order chi connectivity index (χ0) is 21.8. The molecule has 9 heteroatoms. The first-order valence-electron chi connectivity index (χ1n) is 9.31. The molecule has 0 aliphatic carbocycles. The summed E-state index contributed by atoms with van der Waals surface area (Å²) in [4.78, 5) is 13.8. The smallest absolute Gasteiger partial charge is 0.337 e. The largest absolute Gasteiger partial charge is 0.416 e. The standard InChI is InChI=1S/C21H21F3N2O3S/c22-21(23,24)19-8-4-7-17(15-19)9-10-20(27)25-11-13-26(14-12-25)30(28,29)16-18-5-2-1-3-6-18/h1-10,15H,11-14,16H2. The number of nitrogens with zero attached hydrogens (tertiary/aromatic N) is 2. The lowest BCUT2D eigenvalue weighted by Crippen LogP contribution is -2.50. The maximum absolute atomic E-state index is 12.8. The highest BCUT2D eigenvalue weighted by molar-refractivity contribution is 7.88. The van der Waals surface area contributed by atoms with E-state index in [2.05, 4.69) is 0 Å². The van der Waals surface area contributed by atoms with Crippen molar-refractivity contribution in [2.24, 2.45) is 0 Å². The molecule has 1 fully saturated rings. The number of carbonyl (C=O) groups is 1. The molecule has 0 saturated carbocycles. The molecule has 1 aliphatic rings. The van der Waals surface area contributed by atoms with Crippen LogP contribution in [0.15, 0.2) is 60.7 Å². The van der Waals surface area contributed by atoms with Crippen molar-refractivity contribution >= 4 is 22.0 Å². The zero-order valence-corrected chi connectivity index (χ0v) is 16.9. The van der Waals surface area contributed by atoms with Crippen LogP contribution in [0.4, 0.5) is 13.2 Å². The number of benzene rings is 2. The van der Waals surface area contributed by atoms with Crippen molar-refractivity contribution in [1.82, 2.24) is 9.21 Å². The first-order chi connectivity index (χ1) is 14.1. The number of piperazine rings is 1. The molecular weight excluding hydrogens is 417 g/mol. The van der Waals surface area contributed by atoms with Crippen molar-refractivity contribution in [3.05, 3.63) is 77.4 Å². The monoisotopic (exact) mass is 438 g/mol. The van der Waals surface area contributed by atoms with Gasteiger partial charge in [-0.25, -0.2) is 8.42 Å². The van der Waals surface area contributed by atoms with Crippen LogP contribution in [0, 0.1) is 0 Å². The van der Waals surface area contributed by atoms with Gasteiger partial charge in [-0.15, -0.1) is 0 Å². The third-order valence-electron chi connectivity index (χ3n) is 4.77. The normalized spacial score (nSPS) is 16.2. The minimum absolute atomic E-state index is 0.1000. The Labute approximate surface area is 173 Å². The maximum atomic E-state index is 12.8. The molecule has 30 heavy (non-hydrogen) atoms. The molecule has 0 radical (unpaired) electrons. The molecule has 1 aliphatic heterocycles. The predicted octanol–water partition coefficient (Wildman–Crippen LogP) is 3.39. The average molecular weight is 438 g/mol. The molecule has 5 nitrogen and oxygen atoms in total. The van der Waals surface area contributed by atoms with Crippen LogP contribution < -0.4 is 0 Å². The minimum atomic E-state index is -4.45.